The van der Waals surface area contributed by atoms with Crippen molar-refractivity contribution in [3.63, 3.8) is 0 Å². The van der Waals surface area contributed by atoms with Gasteiger partial charge >= 0.3 is 0 Å². The van der Waals surface area contributed by atoms with Crippen LogP contribution < -0.4 is 0 Å². The SMILES string of the molecule is CCCCCCCCC1=CS(=O)(=O)C=C1CCCCCCCC. The molecule has 0 unspecified atom stereocenters. The fourth-order valence-electron chi connectivity index (χ4n) is 3.21. The van der Waals surface area contributed by atoms with E-state index in [1.165, 1.54) is 75.0 Å². The summed E-state index contributed by atoms with van der Waals surface area (Å²) in [5.41, 5.74) is 2.18. The van der Waals surface area contributed by atoms with Crippen LogP contribution in [-0.2, 0) is 9.84 Å². The summed E-state index contributed by atoms with van der Waals surface area (Å²) < 4.78 is 23.7. The summed E-state index contributed by atoms with van der Waals surface area (Å²) in [6, 6.07) is 0. The van der Waals surface area contributed by atoms with Crippen LogP contribution in [0.25, 0.3) is 0 Å². The molecule has 1 aliphatic rings. The third-order valence-electron chi connectivity index (χ3n) is 4.62. The van der Waals surface area contributed by atoms with E-state index in [-0.39, 0.29) is 0 Å². The van der Waals surface area contributed by atoms with Gasteiger partial charge in [0.05, 0.1) is 0 Å². The molecule has 0 aromatic carbocycles. The second kappa shape index (κ2) is 11.9. The Balaban J connectivity index is 2.28. The maximum absolute atomic E-state index is 11.8. The lowest BCUT2D eigenvalue weighted by Gasteiger charge is -2.08. The monoisotopic (exact) mass is 340 g/mol. The Hall–Kier alpha value is -0.570. The first-order valence-corrected chi connectivity index (χ1v) is 11.4. The molecule has 0 amide bonds. The molecular weight excluding hydrogens is 304 g/mol. The molecule has 0 saturated carbocycles. The highest BCUT2D eigenvalue weighted by molar-refractivity contribution is 7.97. The van der Waals surface area contributed by atoms with Crippen LogP contribution in [0.15, 0.2) is 22.0 Å². The first-order valence-electron chi connectivity index (χ1n) is 9.75. The normalized spacial score (nSPS) is 16.4. The van der Waals surface area contributed by atoms with Gasteiger partial charge in [-0.3, -0.25) is 0 Å². The maximum atomic E-state index is 11.8. The van der Waals surface area contributed by atoms with E-state index in [0.29, 0.717) is 0 Å². The van der Waals surface area contributed by atoms with Gasteiger partial charge in [0.2, 0.25) is 0 Å². The van der Waals surface area contributed by atoms with Crippen molar-refractivity contribution in [3.05, 3.63) is 22.0 Å². The van der Waals surface area contributed by atoms with Gasteiger partial charge in [0.15, 0.2) is 9.84 Å². The van der Waals surface area contributed by atoms with E-state index in [4.69, 9.17) is 0 Å². The van der Waals surface area contributed by atoms with Crippen LogP contribution >= 0.6 is 0 Å². The van der Waals surface area contributed by atoms with Gasteiger partial charge in [0.25, 0.3) is 0 Å². The molecule has 1 heterocycles. The Bertz CT molecular complexity index is 434. The van der Waals surface area contributed by atoms with Crippen molar-refractivity contribution in [1.82, 2.24) is 0 Å². The number of allylic oxidation sites excluding steroid dienone is 2. The number of hydrogen-bond donors (Lipinski definition) is 0. The van der Waals surface area contributed by atoms with Gasteiger partial charge in [-0.05, 0) is 36.8 Å². The molecule has 0 saturated heterocycles. The zero-order chi connectivity index (χ0) is 17.0. The molecule has 134 valence electrons. The summed E-state index contributed by atoms with van der Waals surface area (Å²) in [7, 11) is -3.07. The molecule has 0 N–H and O–H groups in total. The highest BCUT2D eigenvalue weighted by Gasteiger charge is 2.19. The van der Waals surface area contributed by atoms with Crippen molar-refractivity contribution < 1.29 is 8.42 Å². The lowest BCUT2D eigenvalue weighted by atomic mass is 9.97. The van der Waals surface area contributed by atoms with Crippen LogP contribution in [0, 0.1) is 0 Å². The van der Waals surface area contributed by atoms with Crippen molar-refractivity contribution in [2.75, 3.05) is 0 Å². The Labute approximate surface area is 144 Å². The van der Waals surface area contributed by atoms with E-state index in [1.54, 1.807) is 0 Å². The van der Waals surface area contributed by atoms with Gasteiger partial charge in [-0.2, -0.15) is 0 Å². The first kappa shape index (κ1) is 20.5. The zero-order valence-electron chi connectivity index (χ0n) is 15.3. The van der Waals surface area contributed by atoms with Crippen molar-refractivity contribution in [1.29, 1.82) is 0 Å². The van der Waals surface area contributed by atoms with E-state index < -0.39 is 9.84 Å². The fourth-order valence-corrected chi connectivity index (χ4v) is 4.61. The summed E-state index contributed by atoms with van der Waals surface area (Å²) in [5.74, 6) is 0. The molecule has 0 radical (unpaired) electrons. The second-order valence-electron chi connectivity index (χ2n) is 6.91. The highest BCUT2D eigenvalue weighted by atomic mass is 32.2. The fraction of sp³-hybridized carbons (Fsp3) is 0.800. The summed E-state index contributed by atoms with van der Waals surface area (Å²) in [6.07, 6.45) is 16.9. The predicted molar refractivity (Wildman–Crippen MR) is 101 cm³/mol. The summed E-state index contributed by atoms with van der Waals surface area (Å²) >= 11 is 0. The molecule has 0 fully saturated rings. The van der Waals surface area contributed by atoms with Crippen molar-refractivity contribution in [2.24, 2.45) is 0 Å². The van der Waals surface area contributed by atoms with E-state index in [0.717, 1.165) is 36.8 Å². The predicted octanol–water partition coefficient (Wildman–Crippen LogP) is 6.68. The van der Waals surface area contributed by atoms with Gasteiger partial charge in [0, 0.05) is 10.8 Å². The average molecular weight is 341 g/mol. The van der Waals surface area contributed by atoms with Gasteiger partial charge in [0.1, 0.15) is 0 Å². The third-order valence-corrected chi connectivity index (χ3v) is 5.85. The first-order chi connectivity index (χ1) is 11.1. The van der Waals surface area contributed by atoms with E-state index in [1.807, 2.05) is 0 Å². The lowest BCUT2D eigenvalue weighted by molar-refractivity contribution is 0.598. The molecule has 1 rings (SSSR count). The number of rotatable bonds is 14. The third kappa shape index (κ3) is 9.34. The molecule has 0 spiro atoms. The number of hydrogen-bond acceptors (Lipinski definition) is 2. The van der Waals surface area contributed by atoms with Gasteiger partial charge < -0.3 is 0 Å². The summed E-state index contributed by atoms with van der Waals surface area (Å²) in [6.45, 7) is 4.46. The van der Waals surface area contributed by atoms with Crippen LogP contribution in [0.1, 0.15) is 104 Å². The van der Waals surface area contributed by atoms with E-state index in [2.05, 4.69) is 13.8 Å². The molecule has 0 aromatic heterocycles. The summed E-state index contributed by atoms with van der Waals surface area (Å²) in [4.78, 5) is 0. The standard InChI is InChI=1S/C20H36O2S/c1-3-5-7-9-11-13-15-19-17-23(21,22)18-20(19)16-14-12-10-8-6-4-2/h17-18H,3-16H2,1-2H3. The van der Waals surface area contributed by atoms with Crippen LogP contribution in [0.3, 0.4) is 0 Å². The Morgan fingerprint density at radius 2 is 0.957 bits per heavy atom. The maximum Gasteiger partial charge on any atom is 0.193 e. The molecule has 0 aliphatic carbocycles. The molecular formula is C20H36O2S. The van der Waals surface area contributed by atoms with Crippen molar-refractivity contribution in [2.45, 2.75) is 104 Å². The zero-order valence-corrected chi connectivity index (χ0v) is 16.1. The van der Waals surface area contributed by atoms with Gasteiger partial charge in [-0.1, -0.05) is 78.1 Å². The van der Waals surface area contributed by atoms with Gasteiger partial charge in [-0.15, -0.1) is 0 Å². The van der Waals surface area contributed by atoms with Crippen LogP contribution in [0.2, 0.25) is 0 Å². The molecule has 3 heteroatoms. The highest BCUT2D eigenvalue weighted by Crippen LogP contribution is 2.30. The number of sulfone groups is 1. The van der Waals surface area contributed by atoms with Crippen LogP contribution in [0.4, 0.5) is 0 Å². The molecule has 0 aromatic rings. The minimum absolute atomic E-state index is 0.938. The lowest BCUT2D eigenvalue weighted by Crippen LogP contribution is -1.89. The smallest absolute Gasteiger partial charge is 0.193 e. The quantitative estimate of drug-likeness (QED) is 0.330. The van der Waals surface area contributed by atoms with Crippen molar-refractivity contribution >= 4 is 9.84 Å². The largest absolute Gasteiger partial charge is 0.220 e. The van der Waals surface area contributed by atoms with Crippen LogP contribution in [0.5, 0.6) is 0 Å². The minimum Gasteiger partial charge on any atom is -0.220 e. The van der Waals surface area contributed by atoms with Gasteiger partial charge in [-0.25, -0.2) is 8.42 Å². The Morgan fingerprint density at radius 3 is 1.35 bits per heavy atom. The van der Waals surface area contributed by atoms with E-state index in [9.17, 15) is 8.42 Å². The second-order valence-corrected chi connectivity index (χ2v) is 8.56. The number of unbranched alkanes of at least 4 members (excludes halogenated alkanes) is 10. The van der Waals surface area contributed by atoms with Crippen LogP contribution in [-0.4, -0.2) is 8.42 Å². The topological polar surface area (TPSA) is 34.1 Å². The molecule has 1 aliphatic heterocycles. The molecule has 2 nitrogen and oxygen atoms in total. The average Bonchev–Trinajstić information content (AvgIpc) is 2.80. The summed E-state index contributed by atoms with van der Waals surface area (Å²) in [5, 5.41) is 3.04. The Kier molecular flexibility index (Phi) is 10.6. The molecule has 23 heavy (non-hydrogen) atoms. The van der Waals surface area contributed by atoms with E-state index >= 15 is 0 Å². The van der Waals surface area contributed by atoms with Crippen molar-refractivity contribution in [3.8, 4) is 0 Å². The Morgan fingerprint density at radius 1 is 0.609 bits per heavy atom. The molecule has 0 atom stereocenters. The minimum atomic E-state index is -3.07. The molecule has 0 bridgehead atoms.